The number of hydrogen-bond donors (Lipinski definition) is 2. The van der Waals surface area contributed by atoms with Crippen molar-refractivity contribution in [3.8, 4) is 0 Å². The van der Waals surface area contributed by atoms with Gasteiger partial charge in [-0.1, -0.05) is 40.5 Å². The molecule has 0 radical (unpaired) electrons. The van der Waals surface area contributed by atoms with Crippen LogP contribution in [0.1, 0.15) is 60.3 Å². The van der Waals surface area contributed by atoms with Gasteiger partial charge < -0.3 is 11.1 Å². The van der Waals surface area contributed by atoms with Crippen LogP contribution in [0.25, 0.3) is 0 Å². The van der Waals surface area contributed by atoms with Crippen LogP contribution >= 0.6 is 0 Å². The Kier molecular flexibility index (Phi) is 5.20. The van der Waals surface area contributed by atoms with E-state index in [0.717, 1.165) is 6.42 Å². The first-order chi connectivity index (χ1) is 8.23. The normalized spacial score (nSPS) is 28.6. The Bertz CT molecular complexity index is 281. The Hall–Kier alpha value is -0.570. The smallest absolute Gasteiger partial charge is 0.224 e. The van der Waals surface area contributed by atoms with Crippen LogP contribution in [0, 0.1) is 17.3 Å². The molecule has 1 fully saturated rings. The van der Waals surface area contributed by atoms with Gasteiger partial charge in [-0.2, -0.15) is 0 Å². The van der Waals surface area contributed by atoms with Gasteiger partial charge in [-0.25, -0.2) is 0 Å². The third kappa shape index (κ3) is 3.98. The summed E-state index contributed by atoms with van der Waals surface area (Å²) in [6.07, 6.45) is 4.85. The van der Waals surface area contributed by atoms with Crippen molar-refractivity contribution in [2.24, 2.45) is 23.0 Å². The van der Waals surface area contributed by atoms with Crippen LogP contribution in [0.2, 0.25) is 0 Å². The van der Waals surface area contributed by atoms with Crippen LogP contribution in [-0.4, -0.2) is 18.0 Å². The molecule has 4 atom stereocenters. The Morgan fingerprint density at radius 1 is 1.22 bits per heavy atom. The lowest BCUT2D eigenvalue weighted by Crippen LogP contribution is -2.50. The Morgan fingerprint density at radius 3 is 2.28 bits per heavy atom. The zero-order valence-electron chi connectivity index (χ0n) is 12.6. The van der Waals surface area contributed by atoms with Crippen LogP contribution in [0.4, 0.5) is 0 Å². The van der Waals surface area contributed by atoms with E-state index in [1.165, 1.54) is 19.3 Å². The lowest BCUT2D eigenvalue weighted by Gasteiger charge is -2.41. The zero-order valence-corrected chi connectivity index (χ0v) is 12.6. The van der Waals surface area contributed by atoms with E-state index in [1.807, 2.05) is 13.8 Å². The number of nitrogens with one attached hydrogen (secondary N) is 1. The summed E-state index contributed by atoms with van der Waals surface area (Å²) >= 11 is 0. The molecule has 0 aromatic carbocycles. The molecular weight excluding hydrogens is 224 g/mol. The van der Waals surface area contributed by atoms with Crippen molar-refractivity contribution in [1.82, 2.24) is 5.32 Å². The first-order valence-corrected chi connectivity index (χ1v) is 7.29. The largest absolute Gasteiger partial charge is 0.353 e. The number of carbonyl (C=O) groups excluding carboxylic acids is 1. The summed E-state index contributed by atoms with van der Waals surface area (Å²) in [5.41, 5.74) is 6.06. The number of carbonyl (C=O) groups is 1. The van der Waals surface area contributed by atoms with E-state index in [0.29, 0.717) is 12.0 Å². The second-order valence-electron chi connectivity index (χ2n) is 7.02. The monoisotopic (exact) mass is 254 g/mol. The van der Waals surface area contributed by atoms with Crippen LogP contribution in [0.15, 0.2) is 0 Å². The highest BCUT2D eigenvalue weighted by atomic mass is 16.2. The molecule has 4 unspecified atom stereocenters. The fourth-order valence-corrected chi connectivity index (χ4v) is 2.89. The quantitative estimate of drug-likeness (QED) is 0.813. The van der Waals surface area contributed by atoms with E-state index in [4.69, 9.17) is 5.73 Å². The van der Waals surface area contributed by atoms with Crippen LogP contribution in [0.3, 0.4) is 0 Å². The molecule has 1 aliphatic rings. The number of hydrogen-bond acceptors (Lipinski definition) is 2. The van der Waals surface area contributed by atoms with Gasteiger partial charge in [0, 0.05) is 18.0 Å². The standard InChI is InChI=1S/C15H30N2O/c1-10(11(2)16)14(18)17-13-9-7-6-8-12(13)15(3,4)5/h10-13H,6-9,16H2,1-5H3,(H,17,18). The Balaban J connectivity index is 2.65. The maximum absolute atomic E-state index is 12.1. The third-order valence-electron chi connectivity index (χ3n) is 4.41. The molecule has 0 spiro atoms. The van der Waals surface area contributed by atoms with Crippen LogP contribution in [0.5, 0.6) is 0 Å². The summed E-state index contributed by atoms with van der Waals surface area (Å²) in [4.78, 5) is 12.1. The molecule has 0 aliphatic heterocycles. The van der Waals surface area contributed by atoms with E-state index in [1.54, 1.807) is 0 Å². The van der Waals surface area contributed by atoms with Crippen LogP contribution in [-0.2, 0) is 4.79 Å². The van der Waals surface area contributed by atoms with E-state index < -0.39 is 0 Å². The zero-order chi connectivity index (χ0) is 13.9. The minimum Gasteiger partial charge on any atom is -0.353 e. The van der Waals surface area contributed by atoms with Gasteiger partial charge in [0.05, 0.1) is 0 Å². The lowest BCUT2D eigenvalue weighted by atomic mass is 9.69. The van der Waals surface area contributed by atoms with Crippen molar-refractivity contribution >= 4 is 5.91 Å². The first kappa shape index (κ1) is 15.5. The molecule has 1 rings (SSSR count). The topological polar surface area (TPSA) is 55.1 Å². The molecular formula is C15H30N2O. The molecule has 3 N–H and O–H groups in total. The van der Waals surface area contributed by atoms with Crippen molar-refractivity contribution < 1.29 is 4.79 Å². The second kappa shape index (κ2) is 6.05. The molecule has 0 bridgehead atoms. The molecule has 1 aliphatic carbocycles. The van der Waals surface area contributed by atoms with E-state index in [2.05, 4.69) is 26.1 Å². The maximum Gasteiger partial charge on any atom is 0.224 e. The molecule has 0 aromatic heterocycles. The summed E-state index contributed by atoms with van der Waals surface area (Å²) in [6, 6.07) is 0.245. The van der Waals surface area contributed by atoms with E-state index in [9.17, 15) is 4.79 Å². The number of rotatable bonds is 3. The molecule has 0 saturated heterocycles. The molecule has 18 heavy (non-hydrogen) atoms. The lowest BCUT2D eigenvalue weighted by molar-refractivity contribution is -0.126. The average Bonchev–Trinajstić information content (AvgIpc) is 2.27. The second-order valence-corrected chi connectivity index (χ2v) is 7.02. The minimum atomic E-state index is -0.104. The molecule has 3 nitrogen and oxygen atoms in total. The predicted molar refractivity (Wildman–Crippen MR) is 76.2 cm³/mol. The van der Waals surface area contributed by atoms with Gasteiger partial charge in [0.15, 0.2) is 0 Å². The molecule has 3 heteroatoms. The highest BCUT2D eigenvalue weighted by Crippen LogP contribution is 2.38. The van der Waals surface area contributed by atoms with Gasteiger partial charge in [-0.15, -0.1) is 0 Å². The molecule has 0 aromatic rings. The van der Waals surface area contributed by atoms with Gasteiger partial charge in [-0.3, -0.25) is 4.79 Å². The predicted octanol–water partition coefficient (Wildman–Crippen LogP) is 2.69. The fourth-order valence-electron chi connectivity index (χ4n) is 2.89. The maximum atomic E-state index is 12.1. The third-order valence-corrected chi connectivity index (χ3v) is 4.41. The van der Waals surface area contributed by atoms with E-state index >= 15 is 0 Å². The van der Waals surface area contributed by atoms with E-state index in [-0.39, 0.29) is 23.3 Å². The summed E-state index contributed by atoms with van der Waals surface area (Å²) in [5, 5.41) is 3.24. The summed E-state index contributed by atoms with van der Waals surface area (Å²) in [6.45, 7) is 10.6. The van der Waals surface area contributed by atoms with Gasteiger partial charge in [0.2, 0.25) is 5.91 Å². The highest BCUT2D eigenvalue weighted by Gasteiger charge is 2.35. The molecule has 0 heterocycles. The van der Waals surface area contributed by atoms with Crippen molar-refractivity contribution in [2.45, 2.75) is 72.4 Å². The van der Waals surface area contributed by atoms with Crippen molar-refractivity contribution in [3.63, 3.8) is 0 Å². The Labute approximate surface area is 112 Å². The van der Waals surface area contributed by atoms with Gasteiger partial charge >= 0.3 is 0 Å². The number of amides is 1. The van der Waals surface area contributed by atoms with Crippen molar-refractivity contribution in [2.75, 3.05) is 0 Å². The number of nitrogens with two attached hydrogens (primary N) is 1. The van der Waals surface area contributed by atoms with Gasteiger partial charge in [0.25, 0.3) is 0 Å². The molecule has 1 amide bonds. The first-order valence-electron chi connectivity index (χ1n) is 7.29. The minimum absolute atomic E-state index is 0.0818. The van der Waals surface area contributed by atoms with Crippen molar-refractivity contribution in [3.05, 3.63) is 0 Å². The highest BCUT2D eigenvalue weighted by molar-refractivity contribution is 5.79. The molecule has 106 valence electrons. The SMILES string of the molecule is CC(N)C(C)C(=O)NC1CCCCC1C(C)(C)C. The summed E-state index contributed by atoms with van der Waals surface area (Å²) in [7, 11) is 0. The molecule has 1 saturated carbocycles. The fraction of sp³-hybridized carbons (Fsp3) is 0.933. The summed E-state index contributed by atoms with van der Waals surface area (Å²) < 4.78 is 0. The average molecular weight is 254 g/mol. The van der Waals surface area contributed by atoms with Gasteiger partial charge in [0.1, 0.15) is 0 Å². The van der Waals surface area contributed by atoms with Crippen molar-refractivity contribution in [1.29, 1.82) is 0 Å². The Morgan fingerprint density at radius 2 is 1.78 bits per heavy atom. The van der Waals surface area contributed by atoms with Gasteiger partial charge in [-0.05, 0) is 31.1 Å². The summed E-state index contributed by atoms with van der Waals surface area (Å²) in [5.74, 6) is 0.592. The van der Waals surface area contributed by atoms with Crippen LogP contribution < -0.4 is 11.1 Å².